The monoisotopic (exact) mass is 264 g/mol. The number of ether oxygens (including phenoxy) is 1. The van der Waals surface area contributed by atoms with Gasteiger partial charge in [-0.05, 0) is 12.8 Å². The van der Waals surface area contributed by atoms with Gasteiger partial charge in [-0.15, -0.1) is 16.4 Å². The third kappa shape index (κ3) is 2.44. The average molecular weight is 264 g/mol. The van der Waals surface area contributed by atoms with Crippen molar-refractivity contribution in [2.75, 3.05) is 13.2 Å². The third-order valence-electron chi connectivity index (χ3n) is 3.16. The van der Waals surface area contributed by atoms with Gasteiger partial charge < -0.3 is 4.74 Å². The third-order valence-corrected chi connectivity index (χ3v) is 4.05. The molecule has 1 atom stereocenters. The van der Waals surface area contributed by atoms with Crippen molar-refractivity contribution in [3.8, 4) is 0 Å². The fraction of sp³-hybridized carbons (Fsp3) is 0.583. The highest BCUT2D eigenvalue weighted by atomic mass is 32.1. The molecule has 3 rings (SSSR count). The molecule has 0 saturated carbocycles. The van der Waals surface area contributed by atoms with Crippen LogP contribution in [0.2, 0.25) is 0 Å². The second-order valence-electron chi connectivity index (χ2n) is 4.49. The van der Waals surface area contributed by atoms with Crippen LogP contribution < -0.4 is 0 Å². The predicted molar refractivity (Wildman–Crippen MR) is 68.8 cm³/mol. The van der Waals surface area contributed by atoms with Crippen LogP contribution in [0.4, 0.5) is 0 Å². The Morgan fingerprint density at radius 1 is 1.56 bits per heavy atom. The van der Waals surface area contributed by atoms with Gasteiger partial charge in [0.15, 0.2) is 0 Å². The van der Waals surface area contributed by atoms with E-state index in [-0.39, 0.29) is 0 Å². The van der Waals surface area contributed by atoms with Gasteiger partial charge in [-0.2, -0.15) is 0 Å². The largest absolute Gasteiger partial charge is 0.381 e. The summed E-state index contributed by atoms with van der Waals surface area (Å²) < 4.78 is 7.24. The van der Waals surface area contributed by atoms with Gasteiger partial charge in [-0.3, -0.25) is 0 Å². The number of rotatable bonds is 4. The zero-order valence-electron chi connectivity index (χ0n) is 10.4. The van der Waals surface area contributed by atoms with Gasteiger partial charge in [0.1, 0.15) is 5.01 Å². The molecule has 0 bridgehead atoms. The molecule has 1 saturated heterocycles. The molecule has 1 unspecified atom stereocenters. The molecule has 0 radical (unpaired) electrons. The van der Waals surface area contributed by atoms with Crippen LogP contribution in [0.1, 0.15) is 35.7 Å². The molecule has 0 amide bonds. The summed E-state index contributed by atoms with van der Waals surface area (Å²) >= 11 is 1.69. The zero-order valence-corrected chi connectivity index (χ0v) is 11.2. The van der Waals surface area contributed by atoms with Crippen LogP contribution in [0, 0.1) is 0 Å². The fourth-order valence-corrected chi connectivity index (χ4v) is 2.94. The van der Waals surface area contributed by atoms with Crippen molar-refractivity contribution in [3.63, 3.8) is 0 Å². The van der Waals surface area contributed by atoms with Crippen LogP contribution >= 0.6 is 11.3 Å². The fourth-order valence-electron chi connectivity index (χ4n) is 2.07. The minimum Gasteiger partial charge on any atom is -0.381 e. The molecule has 0 aliphatic carbocycles. The zero-order chi connectivity index (χ0) is 12.4. The van der Waals surface area contributed by atoms with Gasteiger partial charge in [0, 0.05) is 24.1 Å². The van der Waals surface area contributed by atoms with Gasteiger partial charge in [0.05, 0.1) is 24.5 Å². The molecule has 1 aliphatic rings. The Hall–Kier alpha value is -1.27. The predicted octanol–water partition coefficient (Wildman–Crippen LogP) is 1.85. The summed E-state index contributed by atoms with van der Waals surface area (Å²) in [5.74, 6) is 0.418. The Morgan fingerprint density at radius 2 is 2.50 bits per heavy atom. The molecule has 1 aliphatic heterocycles. The van der Waals surface area contributed by atoms with Crippen molar-refractivity contribution in [2.24, 2.45) is 0 Å². The topological polar surface area (TPSA) is 52.8 Å². The number of aryl methyl sites for hydroxylation is 1. The van der Waals surface area contributed by atoms with E-state index in [1.807, 2.05) is 10.9 Å². The first-order chi connectivity index (χ1) is 8.85. The molecule has 2 aromatic rings. The van der Waals surface area contributed by atoms with E-state index < -0.39 is 0 Å². The van der Waals surface area contributed by atoms with Crippen LogP contribution in [-0.2, 0) is 17.7 Å². The molecule has 6 heteroatoms. The van der Waals surface area contributed by atoms with Crippen molar-refractivity contribution in [3.05, 3.63) is 28.0 Å². The molecule has 0 aromatic carbocycles. The molecule has 5 nitrogen and oxygen atoms in total. The van der Waals surface area contributed by atoms with Crippen LogP contribution in [0.3, 0.4) is 0 Å². The second-order valence-corrected chi connectivity index (χ2v) is 5.43. The van der Waals surface area contributed by atoms with Gasteiger partial charge in [0.25, 0.3) is 0 Å². The summed E-state index contributed by atoms with van der Waals surface area (Å²) in [6.07, 6.45) is 4.06. The van der Waals surface area contributed by atoms with Crippen LogP contribution in [-0.4, -0.2) is 33.2 Å². The maximum Gasteiger partial charge on any atom is 0.114 e. The van der Waals surface area contributed by atoms with Crippen molar-refractivity contribution >= 4 is 11.3 Å². The van der Waals surface area contributed by atoms with Crippen LogP contribution in [0.15, 0.2) is 11.6 Å². The maximum atomic E-state index is 5.37. The van der Waals surface area contributed by atoms with E-state index in [1.54, 1.807) is 11.3 Å². The molecule has 0 spiro atoms. The Balaban J connectivity index is 1.69. The first-order valence-electron chi connectivity index (χ1n) is 6.26. The molecule has 2 aromatic heterocycles. The highest BCUT2D eigenvalue weighted by Gasteiger charge is 2.20. The molecule has 96 valence electrons. The maximum absolute atomic E-state index is 5.37. The van der Waals surface area contributed by atoms with Gasteiger partial charge in [0.2, 0.25) is 0 Å². The summed E-state index contributed by atoms with van der Waals surface area (Å²) in [5.41, 5.74) is 2.19. The van der Waals surface area contributed by atoms with E-state index >= 15 is 0 Å². The van der Waals surface area contributed by atoms with Gasteiger partial charge >= 0.3 is 0 Å². The number of hydrogen-bond acceptors (Lipinski definition) is 5. The lowest BCUT2D eigenvalue weighted by molar-refractivity contribution is 0.193. The minimum absolute atomic E-state index is 0.418. The number of thiazole rings is 1. The van der Waals surface area contributed by atoms with E-state index in [1.165, 1.54) is 0 Å². The van der Waals surface area contributed by atoms with E-state index in [9.17, 15) is 0 Å². The first-order valence-corrected chi connectivity index (χ1v) is 7.14. The Labute approximate surface area is 110 Å². The lowest BCUT2D eigenvalue weighted by Crippen LogP contribution is -2.00. The first kappa shape index (κ1) is 11.8. The van der Waals surface area contributed by atoms with E-state index in [0.29, 0.717) is 12.5 Å². The van der Waals surface area contributed by atoms with E-state index in [0.717, 1.165) is 42.5 Å². The molecule has 0 N–H and O–H groups in total. The lowest BCUT2D eigenvalue weighted by atomic mass is 10.1. The molecule has 3 heterocycles. The summed E-state index contributed by atoms with van der Waals surface area (Å²) in [6, 6.07) is 0. The van der Waals surface area contributed by atoms with Crippen molar-refractivity contribution < 1.29 is 4.74 Å². The Morgan fingerprint density at radius 3 is 3.22 bits per heavy atom. The van der Waals surface area contributed by atoms with Crippen LogP contribution in [0.25, 0.3) is 0 Å². The molecular formula is C12H16N4OS. The average Bonchev–Trinajstić information content (AvgIpc) is 3.10. The SMILES string of the molecule is CCc1csc(Cn2cc(C3CCOC3)nn2)n1. The van der Waals surface area contributed by atoms with E-state index in [4.69, 9.17) is 4.74 Å². The summed E-state index contributed by atoms with van der Waals surface area (Å²) in [7, 11) is 0. The quantitative estimate of drug-likeness (QED) is 0.845. The Kier molecular flexibility index (Phi) is 3.38. The summed E-state index contributed by atoms with van der Waals surface area (Å²) in [5, 5.41) is 11.6. The number of nitrogens with zero attached hydrogens (tertiary/aromatic N) is 4. The standard InChI is InChI=1S/C12H16N4OS/c1-2-10-8-18-12(13-10)6-16-5-11(14-15-16)9-3-4-17-7-9/h5,8-9H,2-4,6-7H2,1H3. The minimum atomic E-state index is 0.418. The smallest absolute Gasteiger partial charge is 0.114 e. The second kappa shape index (κ2) is 5.16. The molecule has 18 heavy (non-hydrogen) atoms. The number of hydrogen-bond donors (Lipinski definition) is 0. The van der Waals surface area contributed by atoms with Crippen molar-refractivity contribution in [1.82, 2.24) is 20.0 Å². The summed E-state index contributed by atoms with van der Waals surface area (Å²) in [6.45, 7) is 4.44. The van der Waals surface area contributed by atoms with Crippen LogP contribution in [0.5, 0.6) is 0 Å². The summed E-state index contributed by atoms with van der Waals surface area (Å²) in [4.78, 5) is 4.54. The van der Waals surface area contributed by atoms with Crippen molar-refractivity contribution in [2.45, 2.75) is 32.2 Å². The normalized spacial score (nSPS) is 19.5. The van der Waals surface area contributed by atoms with E-state index in [2.05, 4.69) is 27.6 Å². The Bertz CT molecular complexity index is 516. The van der Waals surface area contributed by atoms with Crippen molar-refractivity contribution in [1.29, 1.82) is 0 Å². The molecule has 1 fully saturated rings. The number of aromatic nitrogens is 4. The molecular weight excluding hydrogens is 248 g/mol. The highest BCUT2D eigenvalue weighted by Crippen LogP contribution is 2.23. The van der Waals surface area contributed by atoms with Gasteiger partial charge in [-0.25, -0.2) is 9.67 Å². The van der Waals surface area contributed by atoms with Gasteiger partial charge in [-0.1, -0.05) is 12.1 Å². The highest BCUT2D eigenvalue weighted by molar-refractivity contribution is 7.09. The lowest BCUT2D eigenvalue weighted by Gasteiger charge is -2.00.